The van der Waals surface area contributed by atoms with Gasteiger partial charge in [-0.2, -0.15) is 0 Å². The molecule has 4 rings (SSSR count). The van der Waals surface area contributed by atoms with Crippen molar-refractivity contribution < 1.29 is 19.5 Å². The standard InChI is InChI=1S/C28H28Cl4N2O4/c1-17-13-23(30)27(24(31)14-17)37-12-11-33-25(15-18-5-9-21(35)10-6-18)28(36)34(20-7-8-20)38-16-19-3-2-4-22(29)26(19)32/h2-6,9-10,13-14,20,25,33,35H,7-8,11-12,15-16H2,1H3/t25-/m0/s1. The van der Waals surface area contributed by atoms with E-state index in [0.29, 0.717) is 44.4 Å². The monoisotopic (exact) mass is 596 g/mol. The van der Waals surface area contributed by atoms with Crippen molar-refractivity contribution in [3.63, 3.8) is 0 Å². The van der Waals surface area contributed by atoms with Gasteiger partial charge in [-0.1, -0.05) is 70.7 Å². The second-order valence-electron chi connectivity index (χ2n) is 9.17. The number of hydrogen-bond donors (Lipinski definition) is 2. The second-order valence-corrected chi connectivity index (χ2v) is 10.8. The molecule has 0 heterocycles. The summed E-state index contributed by atoms with van der Waals surface area (Å²) in [6.45, 7) is 2.61. The van der Waals surface area contributed by atoms with E-state index in [9.17, 15) is 9.90 Å². The molecule has 0 aromatic heterocycles. The summed E-state index contributed by atoms with van der Waals surface area (Å²) in [5.41, 5.74) is 2.51. The summed E-state index contributed by atoms with van der Waals surface area (Å²) in [7, 11) is 0. The van der Waals surface area contributed by atoms with Gasteiger partial charge in [-0.05, 0) is 67.6 Å². The second kappa shape index (κ2) is 13.2. The van der Waals surface area contributed by atoms with Crippen LogP contribution >= 0.6 is 46.4 Å². The summed E-state index contributed by atoms with van der Waals surface area (Å²) in [4.78, 5) is 19.7. The van der Waals surface area contributed by atoms with Crippen LogP contribution in [-0.2, 0) is 22.7 Å². The Morgan fingerprint density at radius 1 is 1.05 bits per heavy atom. The fourth-order valence-electron chi connectivity index (χ4n) is 3.94. The molecule has 0 spiro atoms. The van der Waals surface area contributed by atoms with Crippen LogP contribution in [0.5, 0.6) is 11.5 Å². The van der Waals surface area contributed by atoms with Crippen LogP contribution in [-0.4, -0.2) is 41.3 Å². The van der Waals surface area contributed by atoms with E-state index >= 15 is 0 Å². The van der Waals surface area contributed by atoms with E-state index in [0.717, 1.165) is 24.0 Å². The number of benzene rings is 3. The van der Waals surface area contributed by atoms with Crippen molar-refractivity contribution in [2.45, 2.75) is 44.9 Å². The Morgan fingerprint density at radius 2 is 1.74 bits per heavy atom. The molecule has 1 aliphatic carbocycles. The Kier molecular flexibility index (Phi) is 10.0. The van der Waals surface area contributed by atoms with Gasteiger partial charge in [0.15, 0.2) is 5.75 Å². The zero-order chi connectivity index (χ0) is 27.2. The predicted molar refractivity (Wildman–Crippen MR) is 151 cm³/mol. The molecule has 1 fully saturated rings. The van der Waals surface area contributed by atoms with Crippen LogP contribution in [0.1, 0.15) is 29.5 Å². The van der Waals surface area contributed by atoms with Crippen LogP contribution in [0.25, 0.3) is 0 Å². The number of amides is 1. The van der Waals surface area contributed by atoms with Crippen molar-refractivity contribution in [3.8, 4) is 11.5 Å². The molecule has 10 heteroatoms. The summed E-state index contributed by atoms with van der Waals surface area (Å²) >= 11 is 25.0. The Bertz CT molecular complexity index is 1250. The van der Waals surface area contributed by atoms with Crippen molar-refractivity contribution in [1.82, 2.24) is 10.4 Å². The molecule has 6 nitrogen and oxygen atoms in total. The van der Waals surface area contributed by atoms with Gasteiger partial charge in [-0.25, -0.2) is 5.06 Å². The van der Waals surface area contributed by atoms with Crippen molar-refractivity contribution in [2.24, 2.45) is 0 Å². The molecule has 0 aliphatic heterocycles. The molecule has 202 valence electrons. The highest BCUT2D eigenvalue weighted by atomic mass is 35.5. The summed E-state index contributed by atoms with van der Waals surface area (Å²) in [6, 6.07) is 15.0. The van der Waals surface area contributed by atoms with Gasteiger partial charge in [-0.3, -0.25) is 9.63 Å². The molecule has 1 amide bonds. The number of halogens is 4. The van der Waals surface area contributed by atoms with E-state index in [4.69, 9.17) is 56.0 Å². The van der Waals surface area contributed by atoms with Gasteiger partial charge in [0.1, 0.15) is 19.0 Å². The number of aromatic hydroxyl groups is 1. The minimum atomic E-state index is -0.609. The smallest absolute Gasteiger partial charge is 0.263 e. The van der Waals surface area contributed by atoms with Crippen LogP contribution in [0.2, 0.25) is 20.1 Å². The predicted octanol–water partition coefficient (Wildman–Crippen LogP) is 7.02. The first-order valence-corrected chi connectivity index (χ1v) is 13.7. The number of hydrogen-bond acceptors (Lipinski definition) is 5. The maximum absolute atomic E-state index is 13.7. The van der Waals surface area contributed by atoms with Crippen molar-refractivity contribution >= 4 is 52.3 Å². The molecule has 3 aromatic rings. The van der Waals surface area contributed by atoms with E-state index in [1.807, 2.05) is 13.0 Å². The van der Waals surface area contributed by atoms with Gasteiger partial charge in [0.2, 0.25) is 0 Å². The van der Waals surface area contributed by atoms with Gasteiger partial charge in [-0.15, -0.1) is 0 Å². The lowest BCUT2D eigenvalue weighted by Gasteiger charge is -2.27. The molecule has 0 radical (unpaired) electrons. The molecule has 1 aliphatic rings. The molecule has 0 bridgehead atoms. The fraction of sp³-hybridized carbons (Fsp3) is 0.321. The zero-order valence-electron chi connectivity index (χ0n) is 20.7. The number of phenols is 1. The zero-order valence-corrected chi connectivity index (χ0v) is 23.7. The Morgan fingerprint density at radius 3 is 2.39 bits per heavy atom. The molecule has 3 aromatic carbocycles. The molecule has 0 saturated heterocycles. The largest absolute Gasteiger partial charge is 0.508 e. The number of phenolic OH excluding ortho intramolecular Hbond substituents is 1. The maximum atomic E-state index is 13.7. The lowest BCUT2D eigenvalue weighted by Crippen LogP contribution is -2.49. The number of rotatable bonds is 12. The van der Waals surface area contributed by atoms with Crippen LogP contribution in [0.15, 0.2) is 54.6 Å². The van der Waals surface area contributed by atoms with Crippen molar-refractivity contribution in [1.29, 1.82) is 0 Å². The highest BCUT2D eigenvalue weighted by molar-refractivity contribution is 6.42. The molecule has 0 unspecified atom stereocenters. The maximum Gasteiger partial charge on any atom is 0.263 e. The average Bonchev–Trinajstić information content (AvgIpc) is 3.71. The third-order valence-corrected chi connectivity index (χ3v) is 7.46. The Labute approximate surface area is 242 Å². The van der Waals surface area contributed by atoms with Crippen LogP contribution in [0, 0.1) is 6.92 Å². The normalized spacial score (nSPS) is 13.8. The summed E-state index contributed by atoms with van der Waals surface area (Å²) in [5.74, 6) is 0.361. The fourth-order valence-corrected chi connectivity index (χ4v) is 5.02. The van der Waals surface area contributed by atoms with Crippen LogP contribution in [0.4, 0.5) is 0 Å². The van der Waals surface area contributed by atoms with E-state index < -0.39 is 6.04 Å². The third kappa shape index (κ3) is 7.69. The summed E-state index contributed by atoms with van der Waals surface area (Å²) in [5, 5.41) is 16.1. The van der Waals surface area contributed by atoms with Gasteiger partial charge < -0.3 is 15.2 Å². The van der Waals surface area contributed by atoms with Gasteiger partial charge >= 0.3 is 0 Å². The molecule has 38 heavy (non-hydrogen) atoms. The molecule has 1 atom stereocenters. The van der Waals surface area contributed by atoms with E-state index in [1.54, 1.807) is 48.5 Å². The SMILES string of the molecule is Cc1cc(Cl)c(OCCN[C@@H](Cc2ccc(O)cc2)C(=O)N(OCc2cccc(Cl)c2Cl)C2CC2)c(Cl)c1. The number of nitrogens with one attached hydrogen (secondary N) is 1. The summed E-state index contributed by atoms with van der Waals surface area (Å²) < 4.78 is 5.83. The minimum absolute atomic E-state index is 0.00833. The first-order chi connectivity index (χ1) is 18.2. The van der Waals surface area contributed by atoms with Gasteiger partial charge in [0.05, 0.1) is 32.2 Å². The Hall–Kier alpha value is -2.19. The quantitative estimate of drug-likeness (QED) is 0.173. The molecule has 1 saturated carbocycles. The van der Waals surface area contributed by atoms with E-state index in [-0.39, 0.29) is 30.9 Å². The lowest BCUT2D eigenvalue weighted by molar-refractivity contribution is -0.197. The van der Waals surface area contributed by atoms with Gasteiger partial charge in [0, 0.05) is 12.1 Å². The highest BCUT2D eigenvalue weighted by Crippen LogP contribution is 2.34. The van der Waals surface area contributed by atoms with Crippen LogP contribution < -0.4 is 10.1 Å². The number of carbonyl (C=O) groups excluding carboxylic acids is 1. The topological polar surface area (TPSA) is 71.0 Å². The third-order valence-electron chi connectivity index (χ3n) is 6.04. The molecular weight excluding hydrogens is 570 g/mol. The first-order valence-electron chi connectivity index (χ1n) is 12.2. The number of carbonyl (C=O) groups is 1. The molecule has 2 N–H and O–H groups in total. The number of hydroxylamine groups is 2. The number of nitrogens with zero attached hydrogens (tertiary/aromatic N) is 1. The Balaban J connectivity index is 1.45. The van der Waals surface area contributed by atoms with Crippen molar-refractivity contribution in [3.05, 3.63) is 91.4 Å². The summed E-state index contributed by atoms with van der Waals surface area (Å²) in [6.07, 6.45) is 2.10. The van der Waals surface area contributed by atoms with Gasteiger partial charge in [0.25, 0.3) is 5.91 Å². The number of aryl methyl sites for hydroxylation is 1. The minimum Gasteiger partial charge on any atom is -0.508 e. The highest BCUT2D eigenvalue weighted by Gasteiger charge is 2.37. The van der Waals surface area contributed by atoms with E-state index in [1.165, 1.54) is 5.06 Å². The molecular formula is C28H28Cl4N2O4. The average molecular weight is 598 g/mol. The van der Waals surface area contributed by atoms with Crippen molar-refractivity contribution in [2.75, 3.05) is 13.2 Å². The lowest BCUT2D eigenvalue weighted by atomic mass is 10.0. The van der Waals surface area contributed by atoms with E-state index in [2.05, 4.69) is 5.32 Å². The van der Waals surface area contributed by atoms with Crippen LogP contribution in [0.3, 0.4) is 0 Å². The first kappa shape index (κ1) is 28.8. The number of ether oxygens (including phenoxy) is 1.